The van der Waals surface area contributed by atoms with E-state index in [1.165, 1.54) is 24.3 Å². The minimum absolute atomic E-state index is 0.0759. The number of halogens is 3. The predicted molar refractivity (Wildman–Crippen MR) is 128 cm³/mol. The molecule has 0 aliphatic carbocycles. The largest absolute Gasteiger partial charge is 0.416 e. The number of nitrogens with one attached hydrogen (secondary N) is 2. The zero-order valence-corrected chi connectivity index (χ0v) is 19.6. The number of hydrogen-bond acceptors (Lipinski definition) is 4. The second kappa shape index (κ2) is 10.1. The van der Waals surface area contributed by atoms with Crippen LogP contribution in [0.25, 0.3) is 0 Å². The van der Waals surface area contributed by atoms with Gasteiger partial charge in [0.1, 0.15) is 6.04 Å². The maximum Gasteiger partial charge on any atom is 0.416 e. The molecule has 0 radical (unpaired) electrons. The third-order valence-electron chi connectivity index (χ3n) is 5.74. The van der Waals surface area contributed by atoms with Gasteiger partial charge in [0.05, 0.1) is 10.5 Å². The normalized spacial score (nSPS) is 16.5. The van der Waals surface area contributed by atoms with Crippen LogP contribution in [0.1, 0.15) is 28.8 Å². The van der Waals surface area contributed by atoms with Crippen LogP contribution in [0.5, 0.6) is 0 Å². The van der Waals surface area contributed by atoms with Gasteiger partial charge in [0.2, 0.25) is 15.9 Å². The van der Waals surface area contributed by atoms with Gasteiger partial charge in [0, 0.05) is 23.5 Å². The molecule has 1 aliphatic rings. The molecule has 1 atom stereocenters. The summed E-state index contributed by atoms with van der Waals surface area (Å²) in [4.78, 5) is 25.2. The molecule has 1 heterocycles. The molecule has 1 aliphatic heterocycles. The monoisotopic (exact) mass is 517 g/mol. The molecule has 1 saturated heterocycles. The van der Waals surface area contributed by atoms with Crippen molar-refractivity contribution in [3.8, 4) is 0 Å². The lowest BCUT2D eigenvalue weighted by Gasteiger charge is -2.23. The first-order valence-electron chi connectivity index (χ1n) is 11.0. The third kappa shape index (κ3) is 5.58. The number of carbonyl (C=O) groups is 2. The van der Waals surface area contributed by atoms with Gasteiger partial charge in [-0.2, -0.15) is 17.5 Å². The second-order valence-electron chi connectivity index (χ2n) is 8.18. The molecule has 3 aromatic carbocycles. The number of anilines is 2. The van der Waals surface area contributed by atoms with Crippen molar-refractivity contribution in [1.82, 2.24) is 4.31 Å². The van der Waals surface area contributed by atoms with E-state index < -0.39 is 39.6 Å². The van der Waals surface area contributed by atoms with Crippen molar-refractivity contribution in [1.29, 1.82) is 0 Å². The maximum absolute atomic E-state index is 13.2. The number of amides is 2. The predicted octanol–water partition coefficient (Wildman–Crippen LogP) is 4.75. The fourth-order valence-electron chi connectivity index (χ4n) is 3.90. The van der Waals surface area contributed by atoms with E-state index in [1.54, 1.807) is 30.3 Å². The van der Waals surface area contributed by atoms with Gasteiger partial charge < -0.3 is 10.6 Å². The Morgan fingerprint density at radius 3 is 2.06 bits per heavy atom. The van der Waals surface area contributed by atoms with Crippen molar-refractivity contribution in [2.75, 3.05) is 17.2 Å². The lowest BCUT2D eigenvalue weighted by molar-refractivity contribution is -0.137. The molecular weight excluding hydrogens is 495 g/mol. The highest BCUT2D eigenvalue weighted by atomic mass is 32.2. The fourth-order valence-corrected chi connectivity index (χ4v) is 5.55. The minimum atomic E-state index is -4.49. The molecular formula is C25H22F3N3O4S. The van der Waals surface area contributed by atoms with Gasteiger partial charge in [-0.25, -0.2) is 8.42 Å². The molecule has 0 saturated carbocycles. The Kier molecular flexibility index (Phi) is 7.14. The van der Waals surface area contributed by atoms with Crippen LogP contribution >= 0.6 is 0 Å². The molecule has 4 rings (SSSR count). The van der Waals surface area contributed by atoms with Crippen molar-refractivity contribution < 1.29 is 31.2 Å². The molecule has 2 amide bonds. The van der Waals surface area contributed by atoms with Crippen LogP contribution < -0.4 is 10.6 Å². The molecule has 11 heteroatoms. The van der Waals surface area contributed by atoms with Crippen LogP contribution in [-0.4, -0.2) is 37.1 Å². The van der Waals surface area contributed by atoms with Crippen molar-refractivity contribution in [2.24, 2.45) is 0 Å². The molecule has 188 valence electrons. The Bertz CT molecular complexity index is 1340. The van der Waals surface area contributed by atoms with Crippen molar-refractivity contribution in [3.05, 3.63) is 90.0 Å². The molecule has 2 N–H and O–H groups in total. The number of alkyl halides is 3. The molecule has 0 aromatic heterocycles. The summed E-state index contributed by atoms with van der Waals surface area (Å²) in [7, 11) is -4.01. The van der Waals surface area contributed by atoms with Crippen molar-refractivity contribution in [2.45, 2.75) is 30.0 Å². The standard InChI is InChI=1S/C25H22F3N3O4S/c26-25(27,28)18-10-12-20(13-11-18)29-23(32)17-8-14-21(15-9-17)36(34,35)31-16-4-7-22(31)24(33)30-19-5-2-1-3-6-19/h1-3,5-6,8-15,22H,4,7,16H2,(H,29,32)(H,30,33)/t22-/m0/s1. The number of sulfonamides is 1. The average Bonchev–Trinajstić information content (AvgIpc) is 3.36. The topological polar surface area (TPSA) is 95.6 Å². The summed E-state index contributed by atoms with van der Waals surface area (Å²) >= 11 is 0. The van der Waals surface area contributed by atoms with E-state index in [4.69, 9.17) is 0 Å². The van der Waals surface area contributed by atoms with E-state index in [2.05, 4.69) is 10.6 Å². The van der Waals surface area contributed by atoms with Crippen LogP contribution in [0.4, 0.5) is 24.5 Å². The Balaban J connectivity index is 1.45. The molecule has 0 bridgehead atoms. The highest BCUT2D eigenvalue weighted by molar-refractivity contribution is 7.89. The van der Waals surface area contributed by atoms with Gasteiger partial charge >= 0.3 is 6.18 Å². The zero-order chi connectivity index (χ0) is 25.9. The summed E-state index contributed by atoms with van der Waals surface area (Å²) in [5.41, 5.74) is 0.00515. The third-order valence-corrected chi connectivity index (χ3v) is 7.66. The van der Waals surface area contributed by atoms with Crippen LogP contribution in [0.2, 0.25) is 0 Å². The molecule has 36 heavy (non-hydrogen) atoms. The van der Waals surface area contributed by atoms with Gasteiger partial charge in [-0.3, -0.25) is 9.59 Å². The number of nitrogens with zero attached hydrogens (tertiary/aromatic N) is 1. The first-order valence-corrected chi connectivity index (χ1v) is 12.5. The van der Waals surface area contributed by atoms with Crippen molar-refractivity contribution in [3.63, 3.8) is 0 Å². The van der Waals surface area contributed by atoms with Gasteiger partial charge in [-0.1, -0.05) is 18.2 Å². The molecule has 3 aromatic rings. The van der Waals surface area contributed by atoms with E-state index in [-0.39, 0.29) is 22.7 Å². The summed E-state index contributed by atoms with van der Waals surface area (Å²) in [6.45, 7) is 0.186. The summed E-state index contributed by atoms with van der Waals surface area (Å²) < 4.78 is 65.7. The Morgan fingerprint density at radius 2 is 1.44 bits per heavy atom. The first-order chi connectivity index (χ1) is 17.1. The molecule has 0 unspecified atom stereocenters. The number of hydrogen-bond donors (Lipinski definition) is 2. The van der Waals surface area contributed by atoms with Crippen LogP contribution in [-0.2, 0) is 21.0 Å². The summed E-state index contributed by atoms with van der Waals surface area (Å²) in [5, 5.41) is 5.21. The highest BCUT2D eigenvalue weighted by Crippen LogP contribution is 2.30. The second-order valence-corrected chi connectivity index (χ2v) is 10.1. The number of rotatable bonds is 6. The summed E-state index contributed by atoms with van der Waals surface area (Å²) in [6, 6.07) is 17.0. The average molecular weight is 518 g/mol. The van der Waals surface area contributed by atoms with Crippen molar-refractivity contribution >= 4 is 33.2 Å². The Morgan fingerprint density at radius 1 is 0.833 bits per heavy atom. The Hall–Kier alpha value is -3.70. The van der Waals surface area contributed by atoms with Crippen LogP contribution in [0.15, 0.2) is 83.8 Å². The van der Waals surface area contributed by atoms with E-state index in [0.717, 1.165) is 28.6 Å². The van der Waals surface area contributed by atoms with Gasteiger partial charge in [-0.05, 0) is 73.5 Å². The zero-order valence-electron chi connectivity index (χ0n) is 18.8. The van der Waals surface area contributed by atoms with Gasteiger partial charge in [-0.15, -0.1) is 0 Å². The first kappa shape index (κ1) is 25.4. The summed E-state index contributed by atoms with van der Waals surface area (Å²) in [5.74, 6) is -1.03. The van der Waals surface area contributed by atoms with E-state index in [9.17, 15) is 31.2 Å². The lowest BCUT2D eigenvalue weighted by Crippen LogP contribution is -2.43. The lowest BCUT2D eigenvalue weighted by atomic mass is 10.2. The highest BCUT2D eigenvalue weighted by Gasteiger charge is 2.39. The maximum atomic E-state index is 13.2. The number of carbonyl (C=O) groups excluding carboxylic acids is 2. The van der Waals surface area contributed by atoms with E-state index in [1.807, 2.05) is 0 Å². The fraction of sp³-hybridized carbons (Fsp3) is 0.200. The van der Waals surface area contributed by atoms with Crippen LogP contribution in [0, 0.1) is 0 Å². The van der Waals surface area contributed by atoms with Crippen LogP contribution in [0.3, 0.4) is 0 Å². The smallest absolute Gasteiger partial charge is 0.325 e. The SMILES string of the molecule is O=C(Nc1ccc(C(F)(F)F)cc1)c1ccc(S(=O)(=O)N2CCC[C@H]2C(=O)Nc2ccccc2)cc1. The summed E-state index contributed by atoms with van der Waals surface area (Å²) in [6.07, 6.45) is -3.58. The van der Waals surface area contributed by atoms with Gasteiger partial charge in [0.15, 0.2) is 0 Å². The molecule has 7 nitrogen and oxygen atoms in total. The van der Waals surface area contributed by atoms with Gasteiger partial charge in [0.25, 0.3) is 5.91 Å². The number of para-hydroxylation sites is 1. The Labute approximate surface area is 206 Å². The number of benzene rings is 3. The van der Waals surface area contributed by atoms with E-state index in [0.29, 0.717) is 18.5 Å². The van der Waals surface area contributed by atoms with E-state index >= 15 is 0 Å². The molecule has 1 fully saturated rings. The minimum Gasteiger partial charge on any atom is -0.325 e. The quantitative estimate of drug-likeness (QED) is 0.493. The molecule has 0 spiro atoms.